The molecule has 7 heteroatoms. The Morgan fingerprint density at radius 3 is 2.35 bits per heavy atom. The van der Waals surface area contributed by atoms with Crippen LogP contribution in [-0.2, 0) is 9.47 Å². The van der Waals surface area contributed by atoms with Crippen LogP contribution in [0.25, 0.3) is 4.98 Å². The molecule has 0 aliphatic rings. The van der Waals surface area contributed by atoms with E-state index in [2.05, 4.69) is 15.0 Å². The van der Waals surface area contributed by atoms with Crippen molar-refractivity contribution in [3.63, 3.8) is 0 Å². The van der Waals surface area contributed by atoms with Gasteiger partial charge in [-0.1, -0.05) is 20.3 Å². The van der Waals surface area contributed by atoms with Gasteiger partial charge in [0.15, 0.2) is 11.0 Å². The molecular formula is C13H24N3O4+. The number of methoxy groups -OCH3 is 1. The van der Waals surface area contributed by atoms with E-state index in [9.17, 15) is 9.90 Å². The van der Waals surface area contributed by atoms with Crippen LogP contribution in [0.4, 0.5) is 4.79 Å². The number of nitrogens with one attached hydrogen (secondary N) is 1. The average Bonchev–Trinajstić information content (AvgIpc) is 2.34. The monoisotopic (exact) mass is 286 g/mol. The van der Waals surface area contributed by atoms with Gasteiger partial charge in [0.25, 0.3) is 0 Å². The summed E-state index contributed by atoms with van der Waals surface area (Å²) in [4.78, 5) is 14.8. The number of amides is 1. The molecule has 0 saturated heterocycles. The van der Waals surface area contributed by atoms with Gasteiger partial charge in [-0.15, -0.1) is 0 Å². The molecule has 114 valence electrons. The van der Waals surface area contributed by atoms with Crippen molar-refractivity contribution in [3.05, 3.63) is 16.6 Å². The van der Waals surface area contributed by atoms with E-state index in [4.69, 9.17) is 10.1 Å². The first kappa shape index (κ1) is 18.0. The van der Waals surface area contributed by atoms with Crippen molar-refractivity contribution in [2.24, 2.45) is 5.92 Å². The van der Waals surface area contributed by atoms with Gasteiger partial charge in [0.05, 0.1) is 7.11 Å². The Morgan fingerprint density at radius 1 is 1.45 bits per heavy atom. The van der Waals surface area contributed by atoms with E-state index >= 15 is 0 Å². The maximum absolute atomic E-state index is 11.8. The summed E-state index contributed by atoms with van der Waals surface area (Å²) in [5.74, 6) is -0.639. The largest absolute Gasteiger partial charge is 0.475 e. The zero-order valence-corrected chi connectivity index (χ0v) is 12.9. The Bertz CT molecular complexity index is 407. The van der Waals surface area contributed by atoms with Gasteiger partial charge in [0.1, 0.15) is 5.60 Å². The van der Waals surface area contributed by atoms with Crippen molar-refractivity contribution in [3.8, 4) is 0 Å². The zero-order valence-electron chi connectivity index (χ0n) is 12.9. The normalized spacial score (nSPS) is 15.4. The summed E-state index contributed by atoms with van der Waals surface area (Å²) < 4.78 is 9.80. The SMILES string of the molecule is CC[C@H](C)[C@H](NC(=O)OC(C)(C)C)/C([N+]#N)=C(\O)OC. The lowest BCUT2D eigenvalue weighted by Gasteiger charge is -2.23. The molecule has 0 aromatic carbocycles. The van der Waals surface area contributed by atoms with Gasteiger partial charge in [-0.25, -0.2) is 4.79 Å². The lowest BCUT2D eigenvalue weighted by molar-refractivity contribution is 0.0493. The average molecular weight is 286 g/mol. The fourth-order valence-electron chi connectivity index (χ4n) is 1.49. The Hall–Kier alpha value is -1.97. The van der Waals surface area contributed by atoms with Crippen LogP contribution in [0.15, 0.2) is 11.6 Å². The van der Waals surface area contributed by atoms with Gasteiger partial charge in [-0.2, -0.15) is 0 Å². The lowest BCUT2D eigenvalue weighted by atomic mass is 9.97. The van der Waals surface area contributed by atoms with Crippen LogP contribution in [0.5, 0.6) is 0 Å². The third kappa shape index (κ3) is 5.78. The number of aliphatic hydroxyl groups excluding tert-OH is 1. The van der Waals surface area contributed by atoms with E-state index in [0.717, 1.165) is 0 Å². The van der Waals surface area contributed by atoms with E-state index in [1.165, 1.54) is 7.11 Å². The number of hydrogen-bond acceptors (Lipinski definition) is 5. The number of aliphatic hydroxyl groups is 1. The number of nitrogens with zero attached hydrogens (tertiary/aromatic N) is 2. The minimum absolute atomic E-state index is 0.0919. The van der Waals surface area contributed by atoms with Crippen LogP contribution in [0.1, 0.15) is 41.0 Å². The van der Waals surface area contributed by atoms with Gasteiger partial charge in [0.2, 0.25) is 5.39 Å². The van der Waals surface area contributed by atoms with Crippen LogP contribution in [-0.4, -0.2) is 30.0 Å². The second kappa shape index (κ2) is 7.58. The van der Waals surface area contributed by atoms with Crippen LogP contribution in [0.2, 0.25) is 0 Å². The van der Waals surface area contributed by atoms with Crippen LogP contribution in [0, 0.1) is 11.3 Å². The predicted octanol–water partition coefficient (Wildman–Crippen LogP) is 3.15. The molecule has 0 aromatic rings. The first-order chi connectivity index (χ1) is 9.16. The zero-order chi connectivity index (χ0) is 15.9. The molecule has 0 radical (unpaired) electrons. The molecule has 0 spiro atoms. The molecule has 0 aromatic heterocycles. The van der Waals surface area contributed by atoms with Crippen LogP contribution < -0.4 is 5.32 Å². The minimum Gasteiger partial charge on any atom is -0.475 e. The third-order valence-electron chi connectivity index (χ3n) is 2.70. The van der Waals surface area contributed by atoms with Gasteiger partial charge in [-0.05, 0) is 26.7 Å². The van der Waals surface area contributed by atoms with E-state index < -0.39 is 23.7 Å². The molecule has 0 unspecified atom stereocenters. The molecular weight excluding hydrogens is 262 g/mol. The van der Waals surface area contributed by atoms with Gasteiger partial charge < -0.3 is 19.9 Å². The van der Waals surface area contributed by atoms with E-state index in [-0.39, 0.29) is 11.6 Å². The second-order valence-electron chi connectivity index (χ2n) is 5.50. The molecule has 0 rings (SSSR count). The van der Waals surface area contributed by atoms with Crippen molar-refractivity contribution in [1.82, 2.24) is 5.32 Å². The van der Waals surface area contributed by atoms with Crippen molar-refractivity contribution < 1.29 is 19.4 Å². The number of carbonyl (C=O) groups excluding carboxylic acids is 1. The topological polar surface area (TPSA) is 95.9 Å². The standard InChI is InChI=1S/C13H23N3O4/c1-7-8(2)9(10(16-14)11(17)19-6)15-12(18)20-13(3,4)5/h8-9H,7H2,1-6H3,(H-,15,17,18)/p+1/b11-10-/t8-,9-/m0/s1. The molecule has 7 nitrogen and oxygen atoms in total. The van der Waals surface area contributed by atoms with Crippen LogP contribution in [0.3, 0.4) is 0 Å². The Kier molecular flexibility index (Phi) is 6.83. The molecule has 0 aliphatic carbocycles. The Morgan fingerprint density at radius 2 is 2.00 bits per heavy atom. The number of diazo groups is 1. The fraction of sp³-hybridized carbons (Fsp3) is 0.769. The van der Waals surface area contributed by atoms with E-state index in [0.29, 0.717) is 6.42 Å². The highest BCUT2D eigenvalue weighted by Gasteiger charge is 2.38. The smallest absolute Gasteiger partial charge is 0.462 e. The molecule has 2 N–H and O–H groups in total. The second-order valence-corrected chi connectivity index (χ2v) is 5.50. The molecule has 0 bridgehead atoms. The van der Waals surface area contributed by atoms with Gasteiger partial charge >= 0.3 is 17.7 Å². The molecule has 2 atom stereocenters. The third-order valence-corrected chi connectivity index (χ3v) is 2.70. The highest BCUT2D eigenvalue weighted by molar-refractivity contribution is 5.68. The summed E-state index contributed by atoms with van der Waals surface area (Å²) in [6.45, 7) is 8.98. The summed E-state index contributed by atoms with van der Waals surface area (Å²) in [5.41, 5.74) is -0.791. The summed E-state index contributed by atoms with van der Waals surface area (Å²) in [7, 11) is 1.24. The minimum atomic E-state index is -0.722. The number of ether oxygens (including phenoxy) is 2. The number of alkyl carbamates (subject to hydrolysis) is 1. The summed E-state index contributed by atoms with van der Waals surface area (Å²) in [6.07, 6.45) is 0.0316. The molecule has 0 aliphatic heterocycles. The predicted molar refractivity (Wildman–Crippen MR) is 74.4 cm³/mol. The Labute approximate surface area is 119 Å². The van der Waals surface area contributed by atoms with Crippen molar-refractivity contribution in [2.75, 3.05) is 7.11 Å². The van der Waals surface area contributed by atoms with E-state index in [1.54, 1.807) is 20.8 Å². The van der Waals surface area contributed by atoms with E-state index in [1.807, 2.05) is 13.8 Å². The van der Waals surface area contributed by atoms with Crippen molar-refractivity contribution in [1.29, 1.82) is 5.39 Å². The van der Waals surface area contributed by atoms with Crippen molar-refractivity contribution in [2.45, 2.75) is 52.7 Å². The molecule has 1 amide bonds. The van der Waals surface area contributed by atoms with Crippen LogP contribution >= 0.6 is 0 Å². The summed E-state index contributed by atoms with van der Waals surface area (Å²) >= 11 is 0. The number of carbonyl (C=O) groups is 1. The first-order valence-electron chi connectivity index (χ1n) is 6.48. The quantitative estimate of drug-likeness (QED) is 0.598. The maximum atomic E-state index is 11.8. The first-order valence-corrected chi connectivity index (χ1v) is 6.48. The number of hydrogen-bond donors (Lipinski definition) is 2. The Balaban J connectivity index is 5.20. The molecule has 0 fully saturated rings. The maximum Gasteiger partial charge on any atom is 0.462 e. The fourth-order valence-corrected chi connectivity index (χ4v) is 1.49. The summed E-state index contributed by atoms with van der Waals surface area (Å²) in [6, 6.07) is -0.722. The molecule has 0 saturated carbocycles. The molecule has 0 heterocycles. The van der Waals surface area contributed by atoms with Gasteiger partial charge in [0, 0.05) is 0 Å². The van der Waals surface area contributed by atoms with Crippen molar-refractivity contribution >= 4 is 6.09 Å². The lowest BCUT2D eigenvalue weighted by Crippen LogP contribution is -2.43. The highest BCUT2D eigenvalue weighted by Crippen LogP contribution is 2.20. The van der Waals surface area contributed by atoms with Gasteiger partial charge in [-0.3, -0.25) is 0 Å². The number of rotatable bonds is 5. The molecule has 20 heavy (non-hydrogen) atoms. The highest BCUT2D eigenvalue weighted by atomic mass is 16.6. The summed E-state index contributed by atoms with van der Waals surface area (Å²) in [5, 5.41) is 21.2.